The van der Waals surface area contributed by atoms with Gasteiger partial charge in [-0.3, -0.25) is 9.59 Å². The topological polar surface area (TPSA) is 70.2 Å². The van der Waals surface area contributed by atoms with E-state index >= 15 is 0 Å². The van der Waals surface area contributed by atoms with Crippen molar-refractivity contribution < 1.29 is 9.59 Å². The molecule has 0 unspecified atom stereocenters. The fourth-order valence-corrected chi connectivity index (χ4v) is 4.07. The normalized spacial score (nSPS) is 23.1. The van der Waals surface area contributed by atoms with E-state index in [1.165, 1.54) is 6.42 Å². The third-order valence-electron chi connectivity index (χ3n) is 5.63. The van der Waals surface area contributed by atoms with Gasteiger partial charge in [0.25, 0.3) is 0 Å². The maximum atomic E-state index is 12.4. The molecule has 27 heavy (non-hydrogen) atoms. The Hall–Kier alpha value is -1.59. The Morgan fingerprint density at radius 3 is 2.59 bits per heavy atom. The average molecular weight is 394 g/mol. The number of rotatable bonds is 5. The molecule has 0 aromatic heterocycles. The summed E-state index contributed by atoms with van der Waals surface area (Å²) >= 11 is 0. The van der Waals surface area contributed by atoms with E-state index < -0.39 is 0 Å². The van der Waals surface area contributed by atoms with Crippen LogP contribution in [-0.2, 0) is 16.1 Å². The van der Waals surface area contributed by atoms with Crippen LogP contribution >= 0.6 is 12.4 Å². The molecule has 2 fully saturated rings. The van der Waals surface area contributed by atoms with E-state index in [1.54, 1.807) is 0 Å². The molecule has 1 aromatic rings. The molecular formula is C21H32ClN3O2. The van der Waals surface area contributed by atoms with E-state index in [2.05, 4.69) is 22.9 Å². The summed E-state index contributed by atoms with van der Waals surface area (Å²) in [5, 5.41) is 9.48. The van der Waals surface area contributed by atoms with E-state index in [9.17, 15) is 9.59 Å². The van der Waals surface area contributed by atoms with Crippen molar-refractivity contribution in [1.29, 1.82) is 0 Å². The lowest BCUT2D eigenvalue weighted by molar-refractivity contribution is -0.126. The van der Waals surface area contributed by atoms with Gasteiger partial charge in [0.2, 0.25) is 11.8 Å². The van der Waals surface area contributed by atoms with Gasteiger partial charge in [0.15, 0.2) is 0 Å². The number of carbonyl (C=O) groups excluding carboxylic acids is 2. The van der Waals surface area contributed by atoms with Gasteiger partial charge in [-0.25, -0.2) is 0 Å². The van der Waals surface area contributed by atoms with Crippen molar-refractivity contribution in [2.75, 3.05) is 11.9 Å². The summed E-state index contributed by atoms with van der Waals surface area (Å²) in [4.78, 5) is 24.8. The highest BCUT2D eigenvalue weighted by atomic mass is 35.5. The molecule has 2 aliphatic rings. The smallest absolute Gasteiger partial charge is 0.227 e. The molecule has 150 valence electrons. The van der Waals surface area contributed by atoms with Gasteiger partial charge in [-0.15, -0.1) is 12.4 Å². The minimum atomic E-state index is 0. The first-order valence-corrected chi connectivity index (χ1v) is 10.0. The first-order chi connectivity index (χ1) is 12.6. The van der Waals surface area contributed by atoms with Crippen molar-refractivity contribution in [2.45, 2.75) is 64.5 Å². The number of halogens is 1. The molecule has 0 radical (unpaired) electrons. The molecule has 6 heteroatoms. The first kappa shape index (κ1) is 21.7. The second-order valence-electron chi connectivity index (χ2n) is 7.82. The molecule has 0 bridgehead atoms. The molecule has 3 rings (SSSR count). The van der Waals surface area contributed by atoms with Gasteiger partial charge in [0, 0.05) is 30.1 Å². The van der Waals surface area contributed by atoms with Gasteiger partial charge >= 0.3 is 0 Å². The van der Waals surface area contributed by atoms with E-state index in [0.29, 0.717) is 12.6 Å². The van der Waals surface area contributed by atoms with Crippen molar-refractivity contribution in [2.24, 2.45) is 11.8 Å². The highest BCUT2D eigenvalue weighted by Gasteiger charge is 2.24. The minimum absolute atomic E-state index is 0. The molecule has 1 saturated heterocycles. The number of anilines is 1. The SMILES string of the molecule is C[C@H]1C[C@@H](C(=O)NCc2cccc(NC(=O)C3CCCCC3)c2)CCN1.Cl. The van der Waals surface area contributed by atoms with E-state index in [4.69, 9.17) is 0 Å². The lowest BCUT2D eigenvalue weighted by Gasteiger charge is -2.27. The summed E-state index contributed by atoms with van der Waals surface area (Å²) in [6.45, 7) is 3.53. The lowest BCUT2D eigenvalue weighted by atomic mass is 9.88. The van der Waals surface area contributed by atoms with Gasteiger partial charge in [-0.2, -0.15) is 0 Å². The summed E-state index contributed by atoms with van der Waals surface area (Å²) in [7, 11) is 0. The Morgan fingerprint density at radius 1 is 1.07 bits per heavy atom. The van der Waals surface area contributed by atoms with Crippen LogP contribution in [0.25, 0.3) is 0 Å². The number of hydrogen-bond acceptors (Lipinski definition) is 3. The Balaban J connectivity index is 0.00000261. The number of hydrogen-bond donors (Lipinski definition) is 3. The predicted octanol–water partition coefficient (Wildman–Crippen LogP) is 3.63. The monoisotopic (exact) mass is 393 g/mol. The highest BCUT2D eigenvalue weighted by Crippen LogP contribution is 2.25. The molecule has 0 spiro atoms. The van der Waals surface area contributed by atoms with E-state index in [1.807, 2.05) is 24.3 Å². The number of amides is 2. The summed E-state index contributed by atoms with van der Waals surface area (Å²) in [6, 6.07) is 8.21. The van der Waals surface area contributed by atoms with Gasteiger partial charge in [0.05, 0.1) is 0 Å². The quantitative estimate of drug-likeness (QED) is 0.715. The molecule has 5 nitrogen and oxygen atoms in total. The van der Waals surface area contributed by atoms with E-state index in [0.717, 1.165) is 56.3 Å². The molecule has 1 aliphatic carbocycles. The van der Waals surface area contributed by atoms with Gasteiger partial charge in [0.1, 0.15) is 0 Å². The molecule has 1 saturated carbocycles. The van der Waals surface area contributed by atoms with Crippen molar-refractivity contribution in [1.82, 2.24) is 10.6 Å². The van der Waals surface area contributed by atoms with Crippen LogP contribution in [0.1, 0.15) is 57.4 Å². The van der Waals surface area contributed by atoms with Crippen LogP contribution in [0.2, 0.25) is 0 Å². The van der Waals surface area contributed by atoms with Gasteiger partial charge in [-0.05, 0) is 56.8 Å². The van der Waals surface area contributed by atoms with Crippen LogP contribution in [-0.4, -0.2) is 24.4 Å². The highest BCUT2D eigenvalue weighted by molar-refractivity contribution is 5.92. The fraction of sp³-hybridized carbons (Fsp3) is 0.619. The maximum absolute atomic E-state index is 12.4. The average Bonchev–Trinajstić information content (AvgIpc) is 2.67. The largest absolute Gasteiger partial charge is 0.352 e. The fourth-order valence-electron chi connectivity index (χ4n) is 4.07. The Labute approximate surface area is 168 Å². The number of benzene rings is 1. The maximum Gasteiger partial charge on any atom is 0.227 e. The Bertz CT molecular complexity index is 632. The third kappa shape index (κ3) is 6.51. The van der Waals surface area contributed by atoms with Crippen LogP contribution in [0.3, 0.4) is 0 Å². The zero-order valence-corrected chi connectivity index (χ0v) is 16.9. The van der Waals surface area contributed by atoms with Gasteiger partial charge in [-0.1, -0.05) is 31.4 Å². The summed E-state index contributed by atoms with van der Waals surface area (Å²) in [5.41, 5.74) is 1.84. The second-order valence-corrected chi connectivity index (χ2v) is 7.82. The van der Waals surface area contributed by atoms with E-state index in [-0.39, 0.29) is 36.1 Å². The zero-order valence-electron chi connectivity index (χ0n) is 16.1. The van der Waals surface area contributed by atoms with Crippen LogP contribution in [0.5, 0.6) is 0 Å². The molecule has 1 aliphatic heterocycles. The standard InChI is InChI=1S/C21H31N3O2.ClH/c1-15-12-18(10-11-22-15)20(25)23-14-16-6-5-9-19(13-16)24-21(26)17-7-3-2-4-8-17;/h5-6,9,13,15,17-18,22H,2-4,7-8,10-12,14H2,1H3,(H,23,25)(H,24,26);1H/t15-,18-;/m0./s1. The second kappa shape index (κ2) is 10.7. The first-order valence-electron chi connectivity index (χ1n) is 10.0. The number of carbonyl (C=O) groups is 2. The summed E-state index contributed by atoms with van der Waals surface area (Å²) < 4.78 is 0. The van der Waals surface area contributed by atoms with Crippen LogP contribution in [0, 0.1) is 11.8 Å². The van der Waals surface area contributed by atoms with Crippen molar-refractivity contribution in [3.8, 4) is 0 Å². The Morgan fingerprint density at radius 2 is 1.85 bits per heavy atom. The summed E-state index contributed by atoms with van der Waals surface area (Å²) in [5.74, 6) is 0.513. The van der Waals surface area contributed by atoms with Crippen LogP contribution in [0.4, 0.5) is 5.69 Å². The molecule has 3 N–H and O–H groups in total. The van der Waals surface area contributed by atoms with Crippen molar-refractivity contribution in [3.05, 3.63) is 29.8 Å². The van der Waals surface area contributed by atoms with Crippen molar-refractivity contribution >= 4 is 29.9 Å². The predicted molar refractivity (Wildman–Crippen MR) is 111 cm³/mol. The summed E-state index contributed by atoms with van der Waals surface area (Å²) in [6.07, 6.45) is 7.33. The molecule has 2 atom stereocenters. The van der Waals surface area contributed by atoms with Crippen LogP contribution in [0.15, 0.2) is 24.3 Å². The molecule has 2 amide bonds. The van der Waals surface area contributed by atoms with Gasteiger partial charge < -0.3 is 16.0 Å². The number of nitrogens with one attached hydrogen (secondary N) is 3. The van der Waals surface area contributed by atoms with Crippen LogP contribution < -0.4 is 16.0 Å². The molecule has 1 heterocycles. The molecule has 1 aromatic carbocycles. The number of piperidine rings is 1. The molecular weight excluding hydrogens is 362 g/mol. The minimum Gasteiger partial charge on any atom is -0.352 e. The zero-order chi connectivity index (χ0) is 18.4. The lowest BCUT2D eigenvalue weighted by Crippen LogP contribution is -2.42. The third-order valence-corrected chi connectivity index (χ3v) is 5.63. The Kier molecular flexibility index (Phi) is 8.58. The van der Waals surface area contributed by atoms with Crippen molar-refractivity contribution in [3.63, 3.8) is 0 Å².